The Labute approximate surface area is 188 Å². The fourth-order valence-electron chi connectivity index (χ4n) is 4.80. The van der Waals surface area contributed by atoms with Crippen molar-refractivity contribution < 1.29 is 4.79 Å². The van der Waals surface area contributed by atoms with Gasteiger partial charge in [0.1, 0.15) is 0 Å². The predicted octanol–water partition coefficient (Wildman–Crippen LogP) is 3.37. The molecule has 172 valence electrons. The number of aliphatic imine (C=N–C) groups is 1. The third-order valence-electron chi connectivity index (χ3n) is 6.77. The molecule has 1 saturated heterocycles. The molecule has 2 fully saturated rings. The Morgan fingerprint density at radius 2 is 1.87 bits per heavy atom. The van der Waals surface area contributed by atoms with Crippen LogP contribution in [0.15, 0.2) is 29.3 Å². The Bertz CT molecular complexity index is 724. The largest absolute Gasteiger partial charge is 0.352 e. The van der Waals surface area contributed by atoms with E-state index in [1.54, 1.807) is 0 Å². The molecule has 1 aliphatic carbocycles. The van der Waals surface area contributed by atoms with Crippen molar-refractivity contribution in [3.8, 4) is 0 Å². The Morgan fingerprint density at radius 1 is 1.13 bits per heavy atom. The molecule has 1 unspecified atom stereocenters. The molecule has 0 radical (unpaired) electrons. The monoisotopic (exact) mass is 427 g/mol. The maximum Gasteiger partial charge on any atom is 0.225 e. The molecule has 1 aromatic carbocycles. The van der Waals surface area contributed by atoms with Crippen molar-refractivity contribution in [3.63, 3.8) is 0 Å². The van der Waals surface area contributed by atoms with E-state index in [2.05, 4.69) is 63.5 Å². The van der Waals surface area contributed by atoms with Crippen molar-refractivity contribution >= 4 is 11.9 Å². The van der Waals surface area contributed by atoms with Gasteiger partial charge in [0, 0.05) is 45.2 Å². The Kier molecular flexibility index (Phi) is 9.19. The number of likely N-dealkylation sites (tertiary alicyclic amines) is 1. The summed E-state index contributed by atoms with van der Waals surface area (Å²) in [6.45, 7) is 9.92. The SMILES string of the molecule is CCN(CC)Cc1cccc(CNC(=NC)NC2CCN(C(=O)C3CCCCC3)C2)c1. The standard InChI is InChI=1S/C25H41N5O/c1-4-29(5-2)18-21-11-9-10-20(16-21)17-27-25(26-3)28-23-14-15-30(19-23)24(31)22-12-7-6-8-13-22/h9-11,16,22-23H,4-8,12-15,17-19H2,1-3H3,(H2,26,27,28). The molecule has 0 spiro atoms. The molecule has 1 saturated carbocycles. The highest BCUT2D eigenvalue weighted by atomic mass is 16.2. The molecule has 0 aromatic heterocycles. The van der Waals surface area contributed by atoms with Crippen LogP contribution in [0.1, 0.15) is 63.5 Å². The molecule has 1 aromatic rings. The second-order valence-corrected chi connectivity index (χ2v) is 8.96. The number of guanidine groups is 1. The first kappa shape index (κ1) is 23.6. The van der Waals surface area contributed by atoms with Crippen molar-refractivity contribution in [1.82, 2.24) is 20.4 Å². The van der Waals surface area contributed by atoms with E-state index in [4.69, 9.17) is 0 Å². The molecule has 1 aliphatic heterocycles. The van der Waals surface area contributed by atoms with Crippen LogP contribution in [-0.4, -0.2) is 60.9 Å². The van der Waals surface area contributed by atoms with E-state index >= 15 is 0 Å². The van der Waals surface area contributed by atoms with E-state index < -0.39 is 0 Å². The maximum absolute atomic E-state index is 12.8. The minimum Gasteiger partial charge on any atom is -0.352 e. The fourth-order valence-corrected chi connectivity index (χ4v) is 4.80. The van der Waals surface area contributed by atoms with E-state index in [0.717, 1.165) is 64.5 Å². The van der Waals surface area contributed by atoms with Crippen LogP contribution >= 0.6 is 0 Å². The Morgan fingerprint density at radius 3 is 2.58 bits per heavy atom. The van der Waals surface area contributed by atoms with Gasteiger partial charge in [0.25, 0.3) is 0 Å². The lowest BCUT2D eigenvalue weighted by Crippen LogP contribution is -2.45. The molecule has 3 rings (SSSR count). The van der Waals surface area contributed by atoms with Crippen molar-refractivity contribution in [2.24, 2.45) is 10.9 Å². The van der Waals surface area contributed by atoms with Crippen LogP contribution in [0.25, 0.3) is 0 Å². The van der Waals surface area contributed by atoms with Crippen LogP contribution in [0.2, 0.25) is 0 Å². The molecule has 1 amide bonds. The lowest BCUT2D eigenvalue weighted by Gasteiger charge is -2.26. The number of hydrogen-bond acceptors (Lipinski definition) is 3. The zero-order valence-electron chi connectivity index (χ0n) is 19.7. The topological polar surface area (TPSA) is 60.0 Å². The van der Waals surface area contributed by atoms with Crippen molar-refractivity contribution in [1.29, 1.82) is 0 Å². The third kappa shape index (κ3) is 6.96. The summed E-state index contributed by atoms with van der Waals surface area (Å²) < 4.78 is 0. The molecule has 1 heterocycles. The first-order chi connectivity index (χ1) is 15.1. The van der Waals surface area contributed by atoms with Crippen LogP contribution in [0.4, 0.5) is 0 Å². The van der Waals surface area contributed by atoms with Gasteiger partial charge in [0.05, 0.1) is 0 Å². The molecule has 0 bridgehead atoms. The van der Waals surface area contributed by atoms with Gasteiger partial charge in [0.2, 0.25) is 5.91 Å². The fraction of sp³-hybridized carbons (Fsp3) is 0.680. The highest BCUT2D eigenvalue weighted by Gasteiger charge is 2.31. The van der Waals surface area contributed by atoms with E-state index in [-0.39, 0.29) is 12.0 Å². The van der Waals surface area contributed by atoms with Gasteiger partial charge in [-0.15, -0.1) is 0 Å². The summed E-state index contributed by atoms with van der Waals surface area (Å²) in [7, 11) is 1.81. The molecule has 31 heavy (non-hydrogen) atoms. The minimum atomic E-state index is 0.258. The number of rotatable bonds is 8. The lowest BCUT2D eigenvalue weighted by molar-refractivity contribution is -0.135. The van der Waals surface area contributed by atoms with Crippen LogP contribution in [-0.2, 0) is 17.9 Å². The average molecular weight is 428 g/mol. The third-order valence-corrected chi connectivity index (χ3v) is 6.77. The quantitative estimate of drug-likeness (QED) is 0.493. The maximum atomic E-state index is 12.8. The van der Waals surface area contributed by atoms with E-state index in [0.29, 0.717) is 5.91 Å². The molecule has 2 N–H and O–H groups in total. The Balaban J connectivity index is 1.46. The van der Waals surface area contributed by atoms with E-state index in [9.17, 15) is 4.79 Å². The minimum absolute atomic E-state index is 0.258. The first-order valence-electron chi connectivity index (χ1n) is 12.2. The first-order valence-corrected chi connectivity index (χ1v) is 12.2. The van der Waals surface area contributed by atoms with Crippen LogP contribution in [0.3, 0.4) is 0 Å². The summed E-state index contributed by atoms with van der Waals surface area (Å²) in [5.74, 6) is 1.44. The number of nitrogens with one attached hydrogen (secondary N) is 2. The lowest BCUT2D eigenvalue weighted by atomic mass is 9.88. The summed E-state index contributed by atoms with van der Waals surface area (Å²) in [5.41, 5.74) is 2.60. The molecule has 2 aliphatic rings. The van der Waals surface area contributed by atoms with Crippen molar-refractivity contribution in [3.05, 3.63) is 35.4 Å². The van der Waals surface area contributed by atoms with Crippen molar-refractivity contribution in [2.75, 3.05) is 33.2 Å². The predicted molar refractivity (Wildman–Crippen MR) is 128 cm³/mol. The number of carbonyl (C=O) groups excluding carboxylic acids is 1. The highest BCUT2D eigenvalue weighted by Crippen LogP contribution is 2.26. The van der Waals surface area contributed by atoms with Gasteiger partial charge in [-0.2, -0.15) is 0 Å². The van der Waals surface area contributed by atoms with E-state index in [1.165, 1.54) is 30.4 Å². The zero-order valence-corrected chi connectivity index (χ0v) is 19.7. The van der Waals surface area contributed by atoms with Gasteiger partial charge in [-0.05, 0) is 43.5 Å². The van der Waals surface area contributed by atoms with Gasteiger partial charge >= 0.3 is 0 Å². The smallest absolute Gasteiger partial charge is 0.225 e. The van der Waals surface area contributed by atoms with Gasteiger partial charge < -0.3 is 15.5 Å². The van der Waals surface area contributed by atoms with Crippen molar-refractivity contribution in [2.45, 2.75) is 71.5 Å². The number of hydrogen-bond donors (Lipinski definition) is 2. The second-order valence-electron chi connectivity index (χ2n) is 8.96. The number of nitrogens with zero attached hydrogens (tertiary/aromatic N) is 3. The molecule has 6 heteroatoms. The number of amides is 1. The van der Waals surface area contributed by atoms with Crippen LogP contribution in [0.5, 0.6) is 0 Å². The molecular formula is C25H41N5O. The summed E-state index contributed by atoms with van der Waals surface area (Å²) in [4.78, 5) is 21.7. The van der Waals surface area contributed by atoms with Gasteiger partial charge in [-0.25, -0.2) is 0 Å². The number of benzene rings is 1. The summed E-state index contributed by atoms with van der Waals surface area (Å²) in [5, 5.41) is 6.98. The number of carbonyl (C=O) groups is 1. The van der Waals surface area contributed by atoms with Crippen LogP contribution < -0.4 is 10.6 Å². The molecular weight excluding hydrogens is 386 g/mol. The highest BCUT2D eigenvalue weighted by molar-refractivity contribution is 5.81. The zero-order chi connectivity index (χ0) is 22.1. The normalized spacial score (nSPS) is 20.3. The summed E-state index contributed by atoms with van der Waals surface area (Å²) >= 11 is 0. The van der Waals surface area contributed by atoms with Gasteiger partial charge in [-0.1, -0.05) is 57.4 Å². The molecule has 6 nitrogen and oxygen atoms in total. The Hall–Kier alpha value is -2.08. The summed E-state index contributed by atoms with van der Waals surface area (Å²) in [6.07, 6.45) is 6.83. The van der Waals surface area contributed by atoms with Crippen LogP contribution in [0, 0.1) is 5.92 Å². The average Bonchev–Trinajstić information content (AvgIpc) is 3.29. The van der Waals surface area contributed by atoms with E-state index in [1.807, 2.05) is 7.05 Å². The molecule has 1 atom stereocenters. The second kappa shape index (κ2) is 12.1. The van der Waals surface area contributed by atoms with Gasteiger partial charge in [-0.3, -0.25) is 14.7 Å². The summed E-state index contributed by atoms with van der Waals surface area (Å²) in [6, 6.07) is 9.04. The van der Waals surface area contributed by atoms with Gasteiger partial charge in [0.15, 0.2) is 5.96 Å².